The summed E-state index contributed by atoms with van der Waals surface area (Å²) in [5, 5.41) is 5.72. The predicted octanol–water partition coefficient (Wildman–Crippen LogP) is 4.94. The van der Waals surface area contributed by atoms with Gasteiger partial charge in [0, 0.05) is 30.6 Å². The van der Waals surface area contributed by atoms with E-state index in [0.29, 0.717) is 30.8 Å². The second-order valence-corrected chi connectivity index (χ2v) is 12.1. The number of ether oxygens (including phenoxy) is 1. The SMILES string of the molecule is COC(CC(c1cc(F)cc(F)c1)N(C=O)CC(=O)Nc1ccc2c(c1)CC1(C2)C(=O)Nc2ncccc21)C(C)(C)C. The van der Waals surface area contributed by atoms with Crippen molar-refractivity contribution in [2.45, 2.75) is 57.6 Å². The number of rotatable bonds is 9. The van der Waals surface area contributed by atoms with Gasteiger partial charge in [-0.2, -0.15) is 0 Å². The molecule has 2 heterocycles. The van der Waals surface area contributed by atoms with E-state index >= 15 is 0 Å². The largest absolute Gasteiger partial charge is 0.381 e. The molecule has 10 heteroatoms. The first-order chi connectivity index (χ1) is 19.9. The van der Waals surface area contributed by atoms with E-state index in [1.54, 1.807) is 19.4 Å². The van der Waals surface area contributed by atoms with Crippen LogP contribution in [0.2, 0.25) is 0 Å². The van der Waals surface area contributed by atoms with E-state index in [4.69, 9.17) is 4.74 Å². The number of aromatic nitrogens is 1. The van der Waals surface area contributed by atoms with Crippen LogP contribution in [0.5, 0.6) is 0 Å². The maximum Gasteiger partial charge on any atom is 0.244 e. The normalized spacial score (nSPS) is 18.7. The standard InChI is InChI=1S/C32H34F2N4O4/c1-31(2,3)27(42-4)14-26(20-10-22(33)13-23(34)11-20)38(18-39)17-28(40)36-24-8-7-19-15-32(16-21(19)12-24)25-6-5-9-35-29(25)37-30(32)41/h5-13,18,26-27H,14-17H2,1-4H3,(H,36,40)(H,35,37,41). The molecule has 42 heavy (non-hydrogen) atoms. The van der Waals surface area contributed by atoms with E-state index in [1.165, 1.54) is 17.0 Å². The van der Waals surface area contributed by atoms with Crippen molar-refractivity contribution in [1.82, 2.24) is 9.88 Å². The van der Waals surface area contributed by atoms with Gasteiger partial charge in [-0.25, -0.2) is 13.8 Å². The number of hydrogen-bond donors (Lipinski definition) is 2. The first-order valence-electron chi connectivity index (χ1n) is 13.8. The molecule has 1 aliphatic carbocycles. The fraction of sp³-hybridized carbons (Fsp3) is 0.375. The Kier molecular flexibility index (Phi) is 7.85. The third-order valence-corrected chi connectivity index (χ3v) is 8.28. The van der Waals surface area contributed by atoms with Gasteiger partial charge in [0.1, 0.15) is 24.0 Å². The number of amides is 3. The molecule has 0 saturated heterocycles. The molecular formula is C32H34F2N4O4. The van der Waals surface area contributed by atoms with Crippen LogP contribution in [0.25, 0.3) is 0 Å². The number of halogens is 2. The van der Waals surface area contributed by atoms with Gasteiger partial charge >= 0.3 is 0 Å². The number of nitrogens with one attached hydrogen (secondary N) is 2. The molecule has 2 N–H and O–H groups in total. The summed E-state index contributed by atoms with van der Waals surface area (Å²) < 4.78 is 34.1. The summed E-state index contributed by atoms with van der Waals surface area (Å²) >= 11 is 0. The number of methoxy groups -OCH3 is 1. The van der Waals surface area contributed by atoms with Gasteiger partial charge in [-0.05, 0) is 71.7 Å². The van der Waals surface area contributed by atoms with Crippen molar-refractivity contribution < 1.29 is 27.9 Å². The predicted molar refractivity (Wildman–Crippen MR) is 154 cm³/mol. The molecular weight excluding hydrogens is 542 g/mol. The van der Waals surface area contributed by atoms with Gasteiger partial charge in [0.05, 0.1) is 17.6 Å². The molecule has 2 aromatic carbocycles. The number of nitrogens with zero attached hydrogens (tertiary/aromatic N) is 2. The highest BCUT2D eigenvalue weighted by molar-refractivity contribution is 6.06. The number of anilines is 2. The minimum Gasteiger partial charge on any atom is -0.381 e. The van der Waals surface area contributed by atoms with E-state index < -0.39 is 29.0 Å². The zero-order valence-electron chi connectivity index (χ0n) is 24.0. The Morgan fingerprint density at radius 1 is 1.14 bits per heavy atom. The van der Waals surface area contributed by atoms with Gasteiger partial charge in [0.2, 0.25) is 18.2 Å². The maximum atomic E-state index is 14.2. The summed E-state index contributed by atoms with van der Waals surface area (Å²) in [4.78, 5) is 44.0. The van der Waals surface area contributed by atoms with Crippen molar-refractivity contribution >= 4 is 29.7 Å². The Hall–Kier alpha value is -4.18. The van der Waals surface area contributed by atoms with Crippen LogP contribution < -0.4 is 10.6 Å². The average Bonchev–Trinajstić information content (AvgIpc) is 3.43. The molecule has 3 unspecified atom stereocenters. The molecule has 5 rings (SSSR count). The molecule has 3 aromatic rings. The minimum absolute atomic E-state index is 0.0935. The van der Waals surface area contributed by atoms with Gasteiger partial charge in [0.15, 0.2) is 0 Å². The van der Waals surface area contributed by atoms with Gasteiger partial charge < -0.3 is 20.3 Å². The summed E-state index contributed by atoms with van der Waals surface area (Å²) in [6, 6.07) is 11.5. The summed E-state index contributed by atoms with van der Waals surface area (Å²) in [6.45, 7) is 5.54. The van der Waals surface area contributed by atoms with Crippen LogP contribution in [0.15, 0.2) is 54.7 Å². The summed E-state index contributed by atoms with van der Waals surface area (Å²) in [6.07, 6.45) is 2.99. The van der Waals surface area contributed by atoms with Crippen molar-refractivity contribution in [3.8, 4) is 0 Å². The van der Waals surface area contributed by atoms with Crippen molar-refractivity contribution in [2.24, 2.45) is 5.41 Å². The summed E-state index contributed by atoms with van der Waals surface area (Å²) in [5.41, 5.74) is 2.48. The van der Waals surface area contributed by atoms with Crippen molar-refractivity contribution in [3.63, 3.8) is 0 Å². The topological polar surface area (TPSA) is 101 Å². The number of benzene rings is 2. The molecule has 0 fully saturated rings. The lowest BCUT2D eigenvalue weighted by Crippen LogP contribution is -2.39. The first kappa shape index (κ1) is 29.3. The molecule has 3 atom stereocenters. The van der Waals surface area contributed by atoms with Crippen LogP contribution in [0, 0.1) is 17.0 Å². The van der Waals surface area contributed by atoms with E-state index in [0.717, 1.165) is 22.8 Å². The van der Waals surface area contributed by atoms with Crippen molar-refractivity contribution in [3.05, 3.63) is 88.6 Å². The third kappa shape index (κ3) is 5.63. The Morgan fingerprint density at radius 3 is 2.52 bits per heavy atom. The smallest absolute Gasteiger partial charge is 0.244 e. The monoisotopic (exact) mass is 576 g/mol. The number of hydrogen-bond acceptors (Lipinski definition) is 5. The van der Waals surface area contributed by atoms with Crippen LogP contribution in [0.1, 0.15) is 55.5 Å². The fourth-order valence-corrected chi connectivity index (χ4v) is 6.17. The Bertz CT molecular complexity index is 1520. The van der Waals surface area contributed by atoms with E-state index in [1.807, 2.05) is 45.0 Å². The number of carbonyl (C=O) groups excluding carboxylic acids is 3. The molecule has 220 valence electrons. The molecule has 0 saturated carbocycles. The van der Waals surface area contributed by atoms with Gasteiger partial charge in [-0.15, -0.1) is 0 Å². The lowest BCUT2D eigenvalue weighted by atomic mass is 9.79. The number of fused-ring (bicyclic) bond motifs is 3. The Balaban J connectivity index is 1.35. The van der Waals surface area contributed by atoms with Crippen molar-refractivity contribution in [1.29, 1.82) is 0 Å². The lowest BCUT2D eigenvalue weighted by molar-refractivity contribution is -0.128. The quantitative estimate of drug-likeness (QED) is 0.352. The highest BCUT2D eigenvalue weighted by Crippen LogP contribution is 2.47. The average molecular weight is 577 g/mol. The van der Waals surface area contributed by atoms with E-state index in [2.05, 4.69) is 15.6 Å². The van der Waals surface area contributed by atoms with Crippen LogP contribution in [-0.2, 0) is 37.4 Å². The van der Waals surface area contributed by atoms with Crippen LogP contribution >= 0.6 is 0 Å². The molecule has 8 nitrogen and oxygen atoms in total. The zero-order chi connectivity index (χ0) is 30.2. The van der Waals surface area contributed by atoms with E-state index in [9.17, 15) is 23.2 Å². The van der Waals surface area contributed by atoms with Gasteiger partial charge in [-0.3, -0.25) is 14.4 Å². The second-order valence-electron chi connectivity index (χ2n) is 12.1. The third-order valence-electron chi connectivity index (χ3n) is 8.28. The Morgan fingerprint density at radius 2 is 1.86 bits per heavy atom. The van der Waals surface area contributed by atoms with Gasteiger partial charge in [0.25, 0.3) is 0 Å². The molecule has 0 bridgehead atoms. The summed E-state index contributed by atoms with van der Waals surface area (Å²) in [5.74, 6) is -1.55. The molecule has 0 radical (unpaired) electrons. The maximum absolute atomic E-state index is 14.2. The van der Waals surface area contributed by atoms with Crippen LogP contribution in [0.3, 0.4) is 0 Å². The second kappa shape index (κ2) is 11.2. The Labute approximate surface area is 243 Å². The summed E-state index contributed by atoms with van der Waals surface area (Å²) in [7, 11) is 1.54. The zero-order valence-corrected chi connectivity index (χ0v) is 24.0. The first-order valence-corrected chi connectivity index (χ1v) is 13.8. The van der Waals surface area contributed by atoms with Crippen molar-refractivity contribution in [2.75, 3.05) is 24.3 Å². The molecule has 3 amide bonds. The fourth-order valence-electron chi connectivity index (χ4n) is 6.17. The van der Waals surface area contributed by atoms with E-state index in [-0.39, 0.29) is 36.0 Å². The molecule has 2 aliphatic rings. The van der Waals surface area contributed by atoms with Crippen LogP contribution in [-0.4, -0.2) is 47.9 Å². The van der Waals surface area contributed by atoms with Gasteiger partial charge in [-0.1, -0.05) is 32.9 Å². The lowest BCUT2D eigenvalue weighted by Gasteiger charge is -2.36. The minimum atomic E-state index is -0.822. The number of carbonyl (C=O) groups is 3. The van der Waals surface area contributed by atoms with Crippen LogP contribution in [0.4, 0.5) is 20.3 Å². The number of pyridine rings is 1. The highest BCUT2D eigenvalue weighted by Gasteiger charge is 2.51. The molecule has 1 aromatic heterocycles. The molecule has 1 spiro atoms. The highest BCUT2D eigenvalue weighted by atomic mass is 19.1. The molecule has 1 aliphatic heterocycles.